The largest absolute Gasteiger partial charge is 0.334 e. The van der Waals surface area contributed by atoms with Crippen LogP contribution in [0.25, 0.3) is 0 Å². The van der Waals surface area contributed by atoms with E-state index in [0.29, 0.717) is 18.8 Å². The van der Waals surface area contributed by atoms with Gasteiger partial charge in [-0.3, -0.25) is 14.5 Å². The molecule has 2 N–H and O–H groups in total. The summed E-state index contributed by atoms with van der Waals surface area (Å²) in [7, 11) is 0. The van der Waals surface area contributed by atoms with Crippen molar-refractivity contribution < 1.29 is 14.6 Å². The molecule has 2 amide bonds. The summed E-state index contributed by atoms with van der Waals surface area (Å²) in [5, 5.41) is 2.87. The molecule has 27 heavy (non-hydrogen) atoms. The zero-order valence-corrected chi connectivity index (χ0v) is 16.3. The molecule has 6 nitrogen and oxygen atoms in total. The van der Waals surface area contributed by atoms with E-state index in [9.17, 15) is 9.59 Å². The van der Waals surface area contributed by atoms with Gasteiger partial charge in [0.25, 0.3) is 5.82 Å². The standard InChI is InChI=1S/C20H24N4O2S/c1-16-5-4-6-17(13-16)22-19(25)14-27-15-20(26)24-11-9-23(10-12-24)18-7-2-3-8-21-18/h2-8,13H,9-12,14-15H2,1H3,(H,22,25)/p+1. The summed E-state index contributed by atoms with van der Waals surface area (Å²) < 4.78 is 0. The molecule has 1 aliphatic heterocycles. The van der Waals surface area contributed by atoms with Gasteiger partial charge in [0, 0.05) is 11.8 Å². The van der Waals surface area contributed by atoms with Gasteiger partial charge in [-0.1, -0.05) is 18.2 Å². The molecule has 3 rings (SSSR count). The second-order valence-electron chi connectivity index (χ2n) is 6.53. The van der Waals surface area contributed by atoms with Crippen molar-refractivity contribution in [3.05, 3.63) is 54.2 Å². The van der Waals surface area contributed by atoms with E-state index in [2.05, 4.69) is 15.2 Å². The normalized spacial score (nSPS) is 14.1. The first-order valence-corrected chi connectivity index (χ1v) is 10.2. The third kappa shape index (κ3) is 5.72. The Hall–Kier alpha value is -2.54. The van der Waals surface area contributed by atoms with Crippen molar-refractivity contribution in [3.8, 4) is 0 Å². The van der Waals surface area contributed by atoms with E-state index in [1.807, 2.05) is 60.5 Å². The minimum atomic E-state index is -0.0807. The van der Waals surface area contributed by atoms with Gasteiger partial charge in [0.1, 0.15) is 13.1 Å². The number of H-pyrrole nitrogens is 1. The van der Waals surface area contributed by atoms with Gasteiger partial charge in [-0.05, 0) is 30.7 Å². The van der Waals surface area contributed by atoms with Crippen LogP contribution in [0.5, 0.6) is 0 Å². The highest BCUT2D eigenvalue weighted by atomic mass is 32.2. The number of carbonyl (C=O) groups is 2. The molecule has 1 saturated heterocycles. The predicted octanol–water partition coefficient (Wildman–Crippen LogP) is 1.83. The highest BCUT2D eigenvalue weighted by Gasteiger charge is 2.25. The van der Waals surface area contributed by atoms with E-state index in [-0.39, 0.29) is 17.6 Å². The summed E-state index contributed by atoms with van der Waals surface area (Å²) in [5.74, 6) is 1.70. The molecular formula is C20H25N4O2S+. The fraction of sp³-hybridized carbons (Fsp3) is 0.350. The van der Waals surface area contributed by atoms with Gasteiger partial charge in [0.05, 0.1) is 30.8 Å². The number of piperazine rings is 1. The molecule has 1 aliphatic rings. The summed E-state index contributed by atoms with van der Waals surface area (Å²) in [6.07, 6.45) is 1.91. The second-order valence-corrected chi connectivity index (χ2v) is 7.51. The molecule has 2 aromatic rings. The third-order valence-corrected chi connectivity index (χ3v) is 5.34. The van der Waals surface area contributed by atoms with Gasteiger partial charge < -0.3 is 10.2 Å². The molecule has 0 atom stereocenters. The molecule has 1 fully saturated rings. The van der Waals surface area contributed by atoms with E-state index in [1.54, 1.807) is 0 Å². The smallest absolute Gasteiger partial charge is 0.274 e. The molecule has 0 bridgehead atoms. The van der Waals surface area contributed by atoms with E-state index >= 15 is 0 Å². The lowest BCUT2D eigenvalue weighted by Crippen LogP contribution is -2.50. The Morgan fingerprint density at radius 1 is 1.07 bits per heavy atom. The van der Waals surface area contributed by atoms with Gasteiger partial charge in [-0.2, -0.15) is 0 Å². The Morgan fingerprint density at radius 3 is 2.59 bits per heavy atom. The van der Waals surface area contributed by atoms with Crippen LogP contribution in [0.4, 0.5) is 11.5 Å². The maximum absolute atomic E-state index is 12.4. The number of anilines is 2. The lowest BCUT2D eigenvalue weighted by molar-refractivity contribution is -0.364. The predicted molar refractivity (Wildman–Crippen MR) is 109 cm³/mol. The van der Waals surface area contributed by atoms with Crippen LogP contribution in [-0.4, -0.2) is 54.4 Å². The van der Waals surface area contributed by atoms with E-state index in [4.69, 9.17) is 0 Å². The number of carbonyl (C=O) groups excluding carboxylic acids is 2. The number of pyridine rings is 1. The minimum Gasteiger partial charge on any atom is -0.334 e. The number of hydrogen-bond donors (Lipinski definition) is 1. The number of nitrogens with zero attached hydrogens (tertiary/aromatic N) is 2. The Balaban J connectivity index is 1.37. The molecule has 0 radical (unpaired) electrons. The monoisotopic (exact) mass is 385 g/mol. The fourth-order valence-corrected chi connectivity index (χ4v) is 3.74. The van der Waals surface area contributed by atoms with Crippen molar-refractivity contribution in [1.82, 2.24) is 4.90 Å². The van der Waals surface area contributed by atoms with Crippen LogP contribution >= 0.6 is 11.8 Å². The first-order valence-electron chi connectivity index (χ1n) is 9.05. The fourth-order valence-electron chi connectivity index (χ4n) is 3.02. The molecule has 1 aromatic carbocycles. The first kappa shape index (κ1) is 19.2. The van der Waals surface area contributed by atoms with Crippen molar-refractivity contribution in [1.29, 1.82) is 0 Å². The highest BCUT2D eigenvalue weighted by molar-refractivity contribution is 8.00. The van der Waals surface area contributed by atoms with Gasteiger partial charge in [-0.25, -0.2) is 4.98 Å². The number of nitrogens with one attached hydrogen (secondary N) is 2. The molecule has 142 valence electrons. The molecule has 0 unspecified atom stereocenters. The maximum Gasteiger partial charge on any atom is 0.274 e. The molecule has 0 spiro atoms. The lowest BCUT2D eigenvalue weighted by Gasteiger charge is -2.30. The molecule has 0 aliphatic carbocycles. The van der Waals surface area contributed by atoms with Crippen molar-refractivity contribution >= 4 is 35.1 Å². The number of aryl methyl sites for hydroxylation is 1. The number of thioether (sulfide) groups is 1. The number of aromatic nitrogens is 1. The summed E-state index contributed by atoms with van der Waals surface area (Å²) in [4.78, 5) is 31.7. The number of amides is 2. The Morgan fingerprint density at radius 2 is 1.89 bits per heavy atom. The first-order chi connectivity index (χ1) is 13.1. The van der Waals surface area contributed by atoms with Gasteiger partial charge in [-0.15, -0.1) is 11.8 Å². The minimum absolute atomic E-state index is 0.0807. The SMILES string of the molecule is Cc1cccc(NC(=O)CSCC(=O)N2CCN(c3cccc[nH+]3)CC2)c1. The number of benzene rings is 1. The second kappa shape index (κ2) is 9.41. The quantitative estimate of drug-likeness (QED) is 0.824. The maximum atomic E-state index is 12.4. The van der Waals surface area contributed by atoms with Gasteiger partial charge in [0.2, 0.25) is 11.8 Å². The zero-order chi connectivity index (χ0) is 19.1. The van der Waals surface area contributed by atoms with Crippen molar-refractivity contribution in [3.63, 3.8) is 0 Å². The van der Waals surface area contributed by atoms with Crippen LogP contribution in [-0.2, 0) is 9.59 Å². The summed E-state index contributed by atoms with van der Waals surface area (Å²) in [5.41, 5.74) is 1.89. The number of hydrogen-bond acceptors (Lipinski definition) is 4. The van der Waals surface area contributed by atoms with Crippen molar-refractivity contribution in [2.75, 3.05) is 47.9 Å². The van der Waals surface area contributed by atoms with E-state index in [0.717, 1.165) is 30.2 Å². The summed E-state index contributed by atoms with van der Waals surface area (Å²) in [6, 6.07) is 13.7. The number of rotatable bonds is 6. The van der Waals surface area contributed by atoms with E-state index in [1.165, 1.54) is 11.8 Å². The topological polar surface area (TPSA) is 66.8 Å². The molecular weight excluding hydrogens is 360 g/mol. The average Bonchev–Trinajstić information content (AvgIpc) is 2.69. The van der Waals surface area contributed by atoms with E-state index < -0.39 is 0 Å². The Labute approximate surface area is 164 Å². The average molecular weight is 386 g/mol. The Bertz CT molecular complexity index is 777. The summed E-state index contributed by atoms with van der Waals surface area (Å²) in [6.45, 7) is 5.02. The number of aromatic amines is 1. The van der Waals surface area contributed by atoms with Gasteiger partial charge >= 0.3 is 0 Å². The zero-order valence-electron chi connectivity index (χ0n) is 15.5. The highest BCUT2D eigenvalue weighted by Crippen LogP contribution is 2.13. The molecule has 2 heterocycles. The van der Waals surface area contributed by atoms with Crippen molar-refractivity contribution in [2.24, 2.45) is 0 Å². The van der Waals surface area contributed by atoms with Gasteiger partial charge in [0.15, 0.2) is 0 Å². The Kier molecular flexibility index (Phi) is 6.70. The third-order valence-electron chi connectivity index (χ3n) is 4.43. The van der Waals surface area contributed by atoms with Crippen LogP contribution in [0.2, 0.25) is 0 Å². The van der Waals surface area contributed by atoms with Crippen LogP contribution in [0.1, 0.15) is 5.56 Å². The molecule has 0 saturated carbocycles. The summed E-state index contributed by atoms with van der Waals surface area (Å²) >= 11 is 1.36. The lowest BCUT2D eigenvalue weighted by atomic mass is 10.2. The van der Waals surface area contributed by atoms with Crippen LogP contribution in [0.15, 0.2) is 48.7 Å². The molecule has 1 aromatic heterocycles. The van der Waals surface area contributed by atoms with Crippen LogP contribution in [0, 0.1) is 6.92 Å². The molecule has 7 heteroatoms. The van der Waals surface area contributed by atoms with Crippen molar-refractivity contribution in [2.45, 2.75) is 6.92 Å². The van der Waals surface area contributed by atoms with Crippen LogP contribution < -0.4 is 15.2 Å². The van der Waals surface area contributed by atoms with Crippen LogP contribution in [0.3, 0.4) is 0 Å².